The van der Waals surface area contributed by atoms with Gasteiger partial charge in [0.15, 0.2) is 22.4 Å². The predicted octanol–water partition coefficient (Wildman–Crippen LogP) is 4.68. The van der Waals surface area contributed by atoms with Crippen LogP contribution in [0.25, 0.3) is 20.9 Å². The molecule has 12 heteroatoms. The van der Waals surface area contributed by atoms with Crippen LogP contribution in [0.2, 0.25) is 0 Å². The number of hydrogen-bond donors (Lipinski definition) is 2. The van der Waals surface area contributed by atoms with Gasteiger partial charge in [0.1, 0.15) is 0 Å². The van der Waals surface area contributed by atoms with Crippen LogP contribution in [0.3, 0.4) is 0 Å². The Labute approximate surface area is 264 Å². The lowest BCUT2D eigenvalue weighted by Crippen LogP contribution is -2.39. The maximum absolute atomic E-state index is 12.3. The topological polar surface area (TPSA) is 138 Å². The lowest BCUT2D eigenvalue weighted by molar-refractivity contribution is 0.0923. The quantitative estimate of drug-likeness (QED) is 0.295. The lowest BCUT2D eigenvalue weighted by atomic mass is 10.1. The molecule has 2 amide bonds. The number of likely N-dealkylation sites (tertiary alicyclic amines) is 2. The van der Waals surface area contributed by atoms with Crippen LogP contribution < -0.4 is 10.6 Å². The van der Waals surface area contributed by atoms with E-state index in [1.54, 1.807) is 22.2 Å². The van der Waals surface area contributed by atoms with Crippen molar-refractivity contribution < 1.29 is 9.59 Å². The summed E-state index contributed by atoms with van der Waals surface area (Å²) in [6, 6.07) is 19.8. The SMILES string of the molecule is C[C@@H]1CN(C#N)C[C@H]1NC(=O)c1ncc(-c2ccccc2)s1.C[C@H]1CN(C#N)C[C@@H]1NC(=O)c1ncc(-c2ccccc2)s1. The monoisotopic (exact) mass is 624 g/mol. The van der Waals surface area contributed by atoms with Crippen molar-refractivity contribution in [2.45, 2.75) is 25.9 Å². The third-order valence-corrected chi connectivity index (χ3v) is 9.75. The summed E-state index contributed by atoms with van der Waals surface area (Å²) in [5.41, 5.74) is 2.12. The number of benzene rings is 2. The third kappa shape index (κ3) is 7.40. The first-order valence-corrected chi connectivity index (χ1v) is 15.9. The fourth-order valence-electron chi connectivity index (χ4n) is 5.16. The average molecular weight is 625 g/mol. The Morgan fingerprint density at radius 1 is 0.705 bits per heavy atom. The molecule has 0 aliphatic carbocycles. The molecule has 2 fully saturated rings. The number of carbonyl (C=O) groups is 2. The summed E-state index contributed by atoms with van der Waals surface area (Å²) in [4.78, 5) is 38.4. The number of amides is 2. The summed E-state index contributed by atoms with van der Waals surface area (Å²) >= 11 is 2.77. The minimum absolute atomic E-state index is 0.00350. The van der Waals surface area contributed by atoms with Crippen molar-refractivity contribution in [1.29, 1.82) is 10.5 Å². The maximum Gasteiger partial charge on any atom is 0.280 e. The second-order valence-corrected chi connectivity index (χ2v) is 13.0. The van der Waals surface area contributed by atoms with Crippen LogP contribution in [0.4, 0.5) is 0 Å². The number of hydrogen-bond acceptors (Lipinski definition) is 10. The van der Waals surface area contributed by atoms with Gasteiger partial charge in [-0.05, 0) is 23.0 Å². The summed E-state index contributed by atoms with van der Waals surface area (Å²) < 4.78 is 0. The van der Waals surface area contributed by atoms with E-state index < -0.39 is 0 Å². The van der Waals surface area contributed by atoms with Crippen molar-refractivity contribution in [1.82, 2.24) is 30.4 Å². The standard InChI is InChI=1S/2C16H16N4OS/c2*1-11-8-20(10-17)9-13(11)19-15(21)16-18-7-14(22-16)12-5-3-2-4-6-12/h2*2-7,11,13H,8-9H2,1H3,(H,19,21)/t2*11-,13-/m10/s1. The van der Waals surface area contributed by atoms with Crippen molar-refractivity contribution >= 4 is 34.5 Å². The molecule has 0 unspecified atom stereocenters. The zero-order chi connectivity index (χ0) is 31.1. The van der Waals surface area contributed by atoms with E-state index in [4.69, 9.17) is 10.5 Å². The number of nitriles is 2. The largest absolute Gasteiger partial charge is 0.345 e. The number of carbonyl (C=O) groups excluding carboxylic acids is 2. The molecule has 2 N–H and O–H groups in total. The Balaban J connectivity index is 0.000000175. The first-order chi connectivity index (χ1) is 21.3. The van der Waals surface area contributed by atoms with E-state index >= 15 is 0 Å². The van der Waals surface area contributed by atoms with Gasteiger partial charge in [-0.3, -0.25) is 9.59 Å². The smallest absolute Gasteiger partial charge is 0.280 e. The molecule has 2 aliphatic heterocycles. The first kappa shape index (κ1) is 30.7. The van der Waals surface area contributed by atoms with E-state index in [2.05, 4.69) is 33.0 Å². The lowest BCUT2D eigenvalue weighted by Gasteiger charge is -2.14. The second-order valence-electron chi connectivity index (χ2n) is 10.9. The number of thiazole rings is 2. The van der Waals surface area contributed by atoms with Crippen molar-refractivity contribution in [3.05, 3.63) is 83.1 Å². The molecule has 2 aromatic heterocycles. The van der Waals surface area contributed by atoms with Gasteiger partial charge in [0.25, 0.3) is 11.8 Å². The van der Waals surface area contributed by atoms with Crippen molar-refractivity contribution in [2.75, 3.05) is 26.2 Å². The summed E-state index contributed by atoms with van der Waals surface area (Å²) in [6.07, 6.45) is 7.73. The number of nitrogens with one attached hydrogen (secondary N) is 2. The van der Waals surface area contributed by atoms with E-state index in [0.29, 0.717) is 36.2 Å². The Bertz CT molecular complexity index is 1540. The molecule has 2 aromatic carbocycles. The molecule has 6 rings (SSSR count). The fourth-order valence-corrected chi connectivity index (χ4v) is 6.81. The van der Waals surface area contributed by atoms with Gasteiger partial charge < -0.3 is 20.4 Å². The number of aromatic nitrogens is 2. The molecular weight excluding hydrogens is 593 g/mol. The van der Waals surface area contributed by atoms with Gasteiger partial charge in [0.2, 0.25) is 0 Å². The van der Waals surface area contributed by atoms with Gasteiger partial charge in [-0.2, -0.15) is 10.5 Å². The van der Waals surface area contributed by atoms with Gasteiger partial charge in [0.05, 0.1) is 21.8 Å². The van der Waals surface area contributed by atoms with Gasteiger partial charge in [-0.25, -0.2) is 9.97 Å². The first-order valence-electron chi connectivity index (χ1n) is 14.3. The van der Waals surface area contributed by atoms with E-state index in [1.807, 2.05) is 74.5 Å². The minimum Gasteiger partial charge on any atom is -0.345 e. The Morgan fingerprint density at radius 2 is 1.09 bits per heavy atom. The van der Waals surface area contributed by atoms with Gasteiger partial charge in [-0.1, -0.05) is 74.5 Å². The van der Waals surface area contributed by atoms with E-state index in [1.165, 1.54) is 22.7 Å². The van der Waals surface area contributed by atoms with Gasteiger partial charge in [0, 0.05) is 38.6 Å². The molecule has 4 atom stereocenters. The van der Waals surface area contributed by atoms with Crippen molar-refractivity contribution in [3.8, 4) is 33.3 Å². The summed E-state index contributed by atoms with van der Waals surface area (Å²) in [5.74, 6) is 0.196. The predicted molar refractivity (Wildman–Crippen MR) is 170 cm³/mol. The molecule has 0 saturated carbocycles. The van der Waals surface area contributed by atoms with Crippen LogP contribution in [0.15, 0.2) is 73.1 Å². The Kier molecular flexibility index (Phi) is 9.85. The van der Waals surface area contributed by atoms with Crippen molar-refractivity contribution in [3.63, 3.8) is 0 Å². The number of nitrogens with zero attached hydrogens (tertiary/aromatic N) is 6. The third-order valence-electron chi connectivity index (χ3n) is 7.66. The Hall–Kier alpha value is -4.78. The average Bonchev–Trinajstić information content (AvgIpc) is 3.86. The summed E-state index contributed by atoms with van der Waals surface area (Å²) in [7, 11) is 0. The van der Waals surface area contributed by atoms with Crippen LogP contribution >= 0.6 is 22.7 Å². The molecule has 0 spiro atoms. The molecule has 4 heterocycles. The summed E-state index contributed by atoms with van der Waals surface area (Å²) in [5, 5.41) is 24.8. The van der Waals surface area contributed by atoms with Gasteiger partial charge >= 0.3 is 0 Å². The molecular formula is C32H32N8O2S2. The highest BCUT2D eigenvalue weighted by Gasteiger charge is 2.32. The molecule has 2 aliphatic rings. The van der Waals surface area contributed by atoms with E-state index in [9.17, 15) is 9.59 Å². The normalized spacial score (nSPS) is 20.6. The fraction of sp³-hybridized carbons (Fsp3) is 0.312. The molecule has 2 saturated heterocycles. The molecule has 44 heavy (non-hydrogen) atoms. The highest BCUT2D eigenvalue weighted by atomic mass is 32.1. The van der Waals surface area contributed by atoms with Crippen LogP contribution in [0, 0.1) is 34.7 Å². The molecule has 0 bridgehead atoms. The number of rotatable bonds is 6. The maximum atomic E-state index is 12.3. The zero-order valence-corrected chi connectivity index (χ0v) is 26.0. The van der Waals surface area contributed by atoms with Crippen LogP contribution in [0.5, 0.6) is 0 Å². The van der Waals surface area contributed by atoms with Crippen LogP contribution in [0.1, 0.15) is 33.5 Å². The highest BCUT2D eigenvalue weighted by Crippen LogP contribution is 2.27. The molecule has 10 nitrogen and oxygen atoms in total. The molecule has 0 radical (unpaired) electrons. The minimum atomic E-state index is -0.163. The van der Waals surface area contributed by atoms with Crippen LogP contribution in [-0.2, 0) is 0 Å². The van der Waals surface area contributed by atoms with E-state index in [-0.39, 0.29) is 35.7 Å². The molecule has 4 aromatic rings. The van der Waals surface area contributed by atoms with Crippen molar-refractivity contribution in [2.24, 2.45) is 11.8 Å². The van der Waals surface area contributed by atoms with Gasteiger partial charge in [-0.15, -0.1) is 22.7 Å². The van der Waals surface area contributed by atoms with Crippen LogP contribution in [-0.4, -0.2) is 69.8 Å². The summed E-state index contributed by atoms with van der Waals surface area (Å²) in [6.45, 7) is 6.60. The molecule has 224 valence electrons. The zero-order valence-electron chi connectivity index (χ0n) is 24.4. The second kappa shape index (κ2) is 14.1. The highest BCUT2D eigenvalue weighted by molar-refractivity contribution is 7.17. The van der Waals surface area contributed by atoms with E-state index in [0.717, 1.165) is 20.9 Å². The Morgan fingerprint density at radius 3 is 1.43 bits per heavy atom.